The minimum Gasteiger partial charge on any atom is -0.492 e. The molecule has 27 heavy (non-hydrogen) atoms. The summed E-state index contributed by atoms with van der Waals surface area (Å²) in [5, 5.41) is 0. The van der Waals surface area contributed by atoms with E-state index in [2.05, 4.69) is 58.6 Å². The molecule has 0 bridgehead atoms. The molecule has 2 aromatic rings. The fourth-order valence-corrected chi connectivity index (χ4v) is 3.60. The predicted molar refractivity (Wildman–Crippen MR) is 113 cm³/mol. The number of carbonyl (C=O) groups is 2. The highest BCUT2D eigenvalue weighted by Crippen LogP contribution is 2.28. The Balaban J connectivity index is 1.83. The second-order valence-corrected chi connectivity index (χ2v) is 7.98. The first-order valence-electron chi connectivity index (χ1n) is 8.00. The van der Waals surface area contributed by atoms with Gasteiger partial charge < -0.3 is 9.47 Å². The lowest BCUT2D eigenvalue weighted by atomic mass is 10.2. The zero-order valence-corrected chi connectivity index (χ0v) is 19.1. The van der Waals surface area contributed by atoms with E-state index in [4.69, 9.17) is 9.47 Å². The SMILES string of the molecule is CCCOc1ccc(C(=O)NNC(=O)COc2ccc(Br)cc2Br)cc1Br. The van der Waals surface area contributed by atoms with Crippen LogP contribution in [0.3, 0.4) is 0 Å². The number of hydrogen-bond acceptors (Lipinski definition) is 4. The lowest BCUT2D eigenvalue weighted by Crippen LogP contribution is -2.43. The molecule has 2 rings (SSSR count). The number of ether oxygens (including phenoxy) is 2. The molecule has 0 unspecified atom stereocenters. The normalized spacial score (nSPS) is 10.2. The Hall–Kier alpha value is -1.58. The monoisotopic (exact) mass is 562 g/mol. The summed E-state index contributed by atoms with van der Waals surface area (Å²) in [6, 6.07) is 10.3. The van der Waals surface area contributed by atoms with Gasteiger partial charge in [0.05, 0.1) is 15.6 Å². The van der Waals surface area contributed by atoms with Crippen molar-refractivity contribution in [3.8, 4) is 11.5 Å². The van der Waals surface area contributed by atoms with E-state index in [1.807, 2.05) is 6.92 Å². The minimum atomic E-state index is -0.486. The lowest BCUT2D eigenvalue weighted by Gasteiger charge is -2.11. The fraction of sp³-hybridized carbons (Fsp3) is 0.222. The van der Waals surface area contributed by atoms with Gasteiger partial charge in [-0.2, -0.15) is 0 Å². The summed E-state index contributed by atoms with van der Waals surface area (Å²) in [5.41, 5.74) is 5.04. The van der Waals surface area contributed by atoms with Gasteiger partial charge in [-0.25, -0.2) is 0 Å². The maximum Gasteiger partial charge on any atom is 0.276 e. The summed E-state index contributed by atoms with van der Waals surface area (Å²) in [6.45, 7) is 2.36. The van der Waals surface area contributed by atoms with Crippen LogP contribution in [0.4, 0.5) is 0 Å². The third-order valence-electron chi connectivity index (χ3n) is 3.22. The molecule has 2 aromatic carbocycles. The van der Waals surface area contributed by atoms with E-state index in [0.29, 0.717) is 32.6 Å². The average molecular weight is 565 g/mol. The summed E-state index contributed by atoms with van der Waals surface area (Å²) in [4.78, 5) is 24.0. The summed E-state index contributed by atoms with van der Waals surface area (Å²) in [5.74, 6) is 0.244. The highest BCUT2D eigenvalue weighted by atomic mass is 79.9. The van der Waals surface area contributed by atoms with Gasteiger partial charge in [0, 0.05) is 10.0 Å². The van der Waals surface area contributed by atoms with Crippen molar-refractivity contribution in [1.29, 1.82) is 0 Å². The highest BCUT2D eigenvalue weighted by molar-refractivity contribution is 9.11. The van der Waals surface area contributed by atoms with Crippen LogP contribution in [0.25, 0.3) is 0 Å². The topological polar surface area (TPSA) is 76.7 Å². The molecule has 2 amide bonds. The first-order chi connectivity index (χ1) is 12.9. The first kappa shape index (κ1) is 21.7. The quantitative estimate of drug-likeness (QED) is 0.482. The van der Waals surface area contributed by atoms with Crippen LogP contribution >= 0.6 is 47.8 Å². The van der Waals surface area contributed by atoms with Crippen LogP contribution in [0.1, 0.15) is 23.7 Å². The molecular weight excluding hydrogens is 548 g/mol. The van der Waals surface area contributed by atoms with Crippen molar-refractivity contribution in [2.75, 3.05) is 13.2 Å². The number of amides is 2. The van der Waals surface area contributed by atoms with Gasteiger partial charge in [-0.1, -0.05) is 22.9 Å². The van der Waals surface area contributed by atoms with Gasteiger partial charge in [0.2, 0.25) is 0 Å². The van der Waals surface area contributed by atoms with Crippen LogP contribution in [0, 0.1) is 0 Å². The zero-order valence-electron chi connectivity index (χ0n) is 14.4. The van der Waals surface area contributed by atoms with E-state index in [9.17, 15) is 9.59 Å². The Morgan fingerprint density at radius 2 is 1.59 bits per heavy atom. The third-order valence-corrected chi connectivity index (χ3v) is 4.96. The van der Waals surface area contributed by atoms with E-state index < -0.39 is 11.8 Å². The Kier molecular flexibility index (Phi) is 8.59. The first-order valence-corrected chi connectivity index (χ1v) is 10.4. The number of benzene rings is 2. The molecule has 0 aromatic heterocycles. The maximum absolute atomic E-state index is 12.2. The highest BCUT2D eigenvalue weighted by Gasteiger charge is 2.11. The molecular formula is C18H17Br3N2O4. The molecule has 0 saturated carbocycles. The Bertz CT molecular complexity index is 830. The Morgan fingerprint density at radius 1 is 0.926 bits per heavy atom. The van der Waals surface area contributed by atoms with Crippen molar-refractivity contribution in [2.24, 2.45) is 0 Å². The second-order valence-electron chi connectivity index (χ2n) is 5.36. The predicted octanol–water partition coefficient (Wildman–Crippen LogP) is 4.60. The standard InChI is InChI=1S/C18H17Br3N2O4/c1-2-7-26-15-5-3-11(8-13(15)20)18(25)23-22-17(24)10-27-16-6-4-12(19)9-14(16)21/h3-6,8-9H,2,7,10H2,1H3,(H,22,24)(H,23,25). The molecule has 0 aliphatic heterocycles. The number of hydrogen-bond donors (Lipinski definition) is 2. The van der Waals surface area contributed by atoms with Gasteiger partial charge in [-0.15, -0.1) is 0 Å². The largest absolute Gasteiger partial charge is 0.492 e. The molecule has 0 radical (unpaired) electrons. The van der Waals surface area contributed by atoms with Crippen LogP contribution < -0.4 is 20.3 Å². The zero-order chi connectivity index (χ0) is 19.8. The molecule has 0 saturated heterocycles. The summed E-state index contributed by atoms with van der Waals surface area (Å²) < 4.78 is 13.2. The second kappa shape index (κ2) is 10.7. The van der Waals surface area contributed by atoms with Crippen LogP contribution in [-0.4, -0.2) is 25.0 Å². The van der Waals surface area contributed by atoms with Gasteiger partial charge in [0.1, 0.15) is 11.5 Å². The number of carbonyl (C=O) groups excluding carboxylic acids is 2. The minimum absolute atomic E-state index is 0.242. The molecule has 0 heterocycles. The number of hydrazine groups is 1. The molecule has 2 N–H and O–H groups in total. The van der Waals surface area contributed by atoms with E-state index in [-0.39, 0.29) is 6.61 Å². The molecule has 144 valence electrons. The van der Waals surface area contributed by atoms with Crippen molar-refractivity contribution < 1.29 is 19.1 Å². The van der Waals surface area contributed by atoms with Crippen LogP contribution in [0.15, 0.2) is 49.8 Å². The molecule has 0 fully saturated rings. The van der Waals surface area contributed by atoms with Crippen LogP contribution in [0.2, 0.25) is 0 Å². The fourth-order valence-electron chi connectivity index (χ4n) is 1.94. The summed E-state index contributed by atoms with van der Waals surface area (Å²) >= 11 is 10.1. The van der Waals surface area contributed by atoms with Crippen LogP contribution in [0.5, 0.6) is 11.5 Å². The van der Waals surface area contributed by atoms with Gasteiger partial charge in [-0.05, 0) is 74.7 Å². The number of halogens is 3. The molecule has 0 atom stereocenters. The van der Waals surface area contributed by atoms with Crippen molar-refractivity contribution in [1.82, 2.24) is 10.9 Å². The van der Waals surface area contributed by atoms with Crippen LogP contribution in [-0.2, 0) is 4.79 Å². The van der Waals surface area contributed by atoms with Crippen molar-refractivity contribution in [2.45, 2.75) is 13.3 Å². The van der Waals surface area contributed by atoms with Gasteiger partial charge in [0.25, 0.3) is 11.8 Å². The molecule has 0 aliphatic rings. The summed E-state index contributed by atoms with van der Waals surface area (Å²) in [6.07, 6.45) is 0.888. The van der Waals surface area contributed by atoms with Crippen molar-refractivity contribution in [3.05, 3.63) is 55.4 Å². The van der Waals surface area contributed by atoms with E-state index in [1.165, 1.54) is 0 Å². The van der Waals surface area contributed by atoms with E-state index in [0.717, 1.165) is 10.9 Å². The average Bonchev–Trinajstić information content (AvgIpc) is 2.64. The number of rotatable bonds is 7. The van der Waals surface area contributed by atoms with E-state index >= 15 is 0 Å². The Morgan fingerprint density at radius 3 is 2.26 bits per heavy atom. The van der Waals surface area contributed by atoms with Crippen molar-refractivity contribution in [3.63, 3.8) is 0 Å². The molecule has 6 nitrogen and oxygen atoms in total. The Labute approximate surface area is 182 Å². The lowest BCUT2D eigenvalue weighted by molar-refractivity contribution is -0.123. The van der Waals surface area contributed by atoms with Gasteiger partial charge >= 0.3 is 0 Å². The smallest absolute Gasteiger partial charge is 0.276 e. The van der Waals surface area contributed by atoms with Gasteiger partial charge in [0.15, 0.2) is 6.61 Å². The van der Waals surface area contributed by atoms with Crippen molar-refractivity contribution >= 4 is 59.6 Å². The molecule has 9 heteroatoms. The number of nitrogens with one attached hydrogen (secondary N) is 2. The third kappa shape index (κ3) is 6.82. The maximum atomic E-state index is 12.2. The molecule has 0 spiro atoms. The summed E-state index contributed by atoms with van der Waals surface area (Å²) in [7, 11) is 0. The van der Waals surface area contributed by atoms with Gasteiger partial charge in [-0.3, -0.25) is 20.4 Å². The van der Waals surface area contributed by atoms with E-state index in [1.54, 1.807) is 36.4 Å². The molecule has 0 aliphatic carbocycles.